The first-order valence-corrected chi connectivity index (χ1v) is 17.0. The van der Waals surface area contributed by atoms with Gasteiger partial charge in [0.15, 0.2) is 11.5 Å². The molecule has 1 aliphatic heterocycles. The largest absolute Gasteiger partial charge is 0.453 e. The Morgan fingerprint density at radius 2 is 1.88 bits per heavy atom. The number of alkyl halides is 2. The zero-order valence-electron chi connectivity index (χ0n) is 29.5. The van der Waals surface area contributed by atoms with Crippen molar-refractivity contribution in [2.45, 2.75) is 86.1 Å². The first-order chi connectivity index (χ1) is 23.7. The molecule has 8 nitrogen and oxygen atoms in total. The van der Waals surface area contributed by atoms with Crippen molar-refractivity contribution in [1.29, 1.82) is 0 Å². The highest BCUT2D eigenvalue weighted by Crippen LogP contribution is 2.41. The van der Waals surface area contributed by atoms with Crippen LogP contribution in [0.15, 0.2) is 83.2 Å². The summed E-state index contributed by atoms with van der Waals surface area (Å²) in [5, 5.41) is 6.82. The molecule has 3 atom stereocenters. The number of ketones is 1. The van der Waals surface area contributed by atoms with Gasteiger partial charge >= 0.3 is 0 Å². The second-order valence-corrected chi connectivity index (χ2v) is 12.6. The van der Waals surface area contributed by atoms with Crippen LogP contribution in [0.25, 0.3) is 5.57 Å². The van der Waals surface area contributed by atoms with Crippen molar-refractivity contribution in [2.75, 3.05) is 12.1 Å². The van der Waals surface area contributed by atoms with Gasteiger partial charge in [-0.25, -0.2) is 13.2 Å². The van der Waals surface area contributed by atoms with Gasteiger partial charge in [0.25, 0.3) is 12.3 Å². The number of aromatic nitrogens is 2. The quantitative estimate of drug-likeness (QED) is 0.146. The topological polar surface area (TPSA) is 94.8 Å². The molecule has 1 aromatic carbocycles. The predicted molar refractivity (Wildman–Crippen MR) is 192 cm³/mol. The second kappa shape index (κ2) is 18.6. The van der Waals surface area contributed by atoms with Crippen LogP contribution in [0.4, 0.5) is 18.9 Å². The lowest BCUT2D eigenvalue weighted by molar-refractivity contribution is -0.118. The fraction of sp³-hybridized carbons (Fsp3) is 0.421. The van der Waals surface area contributed by atoms with E-state index in [0.29, 0.717) is 28.9 Å². The highest BCUT2D eigenvalue weighted by atomic mass is 35.5. The van der Waals surface area contributed by atoms with Crippen molar-refractivity contribution in [2.24, 2.45) is 16.8 Å². The summed E-state index contributed by atoms with van der Waals surface area (Å²) in [6.07, 6.45) is 9.42. The third kappa shape index (κ3) is 10.3. The number of carbonyl (C=O) groups excluding carboxylic acids is 2. The summed E-state index contributed by atoms with van der Waals surface area (Å²) >= 11 is 5.78. The first kappa shape index (κ1) is 40.1. The molecule has 1 N–H and O–H groups in total. The van der Waals surface area contributed by atoms with Gasteiger partial charge in [0.2, 0.25) is 6.79 Å². The Bertz CT molecular complexity index is 1710. The minimum atomic E-state index is -2.91. The monoisotopic (exact) mass is 714 g/mol. The molecule has 3 unspecified atom stereocenters. The zero-order valence-corrected chi connectivity index (χ0v) is 30.3. The van der Waals surface area contributed by atoms with Gasteiger partial charge in [-0.05, 0) is 63.2 Å². The van der Waals surface area contributed by atoms with Gasteiger partial charge in [-0.2, -0.15) is 5.10 Å². The fourth-order valence-corrected chi connectivity index (χ4v) is 5.68. The minimum absolute atomic E-state index is 0.0206. The van der Waals surface area contributed by atoms with Crippen molar-refractivity contribution >= 4 is 40.8 Å². The number of carbonyl (C=O) groups is 2. The number of ether oxygens (including phenoxy) is 2. The SMILES string of the molecule is C=C(C=N/C=C(\C)c1c(C(F)F)ccc(Cl)c1F)C(=O)Nc1cnn(C(C)/C(=C/CC)C2=C(C(=C)CCC)OCO2)c1.CCC1CC1C(C)=O. The van der Waals surface area contributed by atoms with Crippen LogP contribution in [-0.2, 0) is 19.1 Å². The number of rotatable bonds is 15. The van der Waals surface area contributed by atoms with Crippen molar-refractivity contribution in [1.82, 2.24) is 9.78 Å². The molecule has 1 aliphatic carbocycles. The maximum Gasteiger partial charge on any atom is 0.264 e. The molecule has 0 saturated heterocycles. The average molecular weight is 715 g/mol. The first-order valence-electron chi connectivity index (χ1n) is 16.6. The third-order valence-electron chi connectivity index (χ3n) is 8.39. The van der Waals surface area contributed by atoms with E-state index in [1.54, 1.807) is 17.8 Å². The van der Waals surface area contributed by atoms with Crippen LogP contribution in [0.5, 0.6) is 0 Å². The number of hydrogen-bond acceptors (Lipinski definition) is 6. The van der Waals surface area contributed by atoms with Gasteiger partial charge in [0, 0.05) is 41.2 Å². The number of anilines is 1. The van der Waals surface area contributed by atoms with E-state index in [1.807, 2.05) is 19.9 Å². The van der Waals surface area contributed by atoms with E-state index < -0.39 is 23.7 Å². The van der Waals surface area contributed by atoms with Gasteiger partial charge in [-0.1, -0.05) is 70.5 Å². The van der Waals surface area contributed by atoms with Crippen molar-refractivity contribution in [3.05, 3.63) is 100 Å². The van der Waals surface area contributed by atoms with Gasteiger partial charge in [-0.3, -0.25) is 19.3 Å². The second-order valence-electron chi connectivity index (χ2n) is 12.2. The van der Waals surface area contributed by atoms with E-state index in [-0.39, 0.29) is 34.6 Å². The van der Waals surface area contributed by atoms with E-state index in [1.165, 1.54) is 19.5 Å². The Morgan fingerprint density at radius 3 is 2.46 bits per heavy atom. The predicted octanol–water partition coefficient (Wildman–Crippen LogP) is 10.3. The van der Waals surface area contributed by atoms with Crippen molar-refractivity contribution in [3.8, 4) is 0 Å². The molecular formula is C38H46ClF3N4O4. The molecule has 4 rings (SSSR count). The Balaban J connectivity index is 0.000000740. The molecule has 0 radical (unpaired) electrons. The molecule has 1 saturated carbocycles. The van der Waals surface area contributed by atoms with Crippen molar-refractivity contribution in [3.63, 3.8) is 0 Å². The van der Waals surface area contributed by atoms with E-state index in [9.17, 15) is 22.8 Å². The smallest absolute Gasteiger partial charge is 0.264 e. The van der Waals surface area contributed by atoms with E-state index in [2.05, 4.69) is 42.4 Å². The number of amides is 1. The summed E-state index contributed by atoms with van der Waals surface area (Å²) < 4.78 is 54.5. The van der Waals surface area contributed by atoms with Crippen LogP contribution in [0.3, 0.4) is 0 Å². The lowest BCUT2D eigenvalue weighted by atomic mass is 10.0. The number of nitrogens with zero attached hydrogens (tertiary/aromatic N) is 3. The number of allylic oxidation sites excluding steroid dienone is 4. The molecule has 12 heteroatoms. The van der Waals surface area contributed by atoms with Crippen LogP contribution in [-0.4, -0.2) is 34.5 Å². The summed E-state index contributed by atoms with van der Waals surface area (Å²) in [6.45, 7) is 19.2. The molecule has 1 fully saturated rings. The Kier molecular flexibility index (Phi) is 14.9. The van der Waals surface area contributed by atoms with Crippen LogP contribution in [0.2, 0.25) is 5.02 Å². The van der Waals surface area contributed by atoms with Crippen LogP contribution < -0.4 is 5.32 Å². The van der Waals surface area contributed by atoms with Gasteiger partial charge in [-0.15, -0.1) is 0 Å². The molecule has 2 aliphatic rings. The number of aliphatic imine (C=N–C) groups is 1. The molecule has 2 heterocycles. The summed E-state index contributed by atoms with van der Waals surface area (Å²) in [6, 6.07) is 1.89. The molecule has 270 valence electrons. The molecule has 1 aromatic heterocycles. The number of Topliss-reactive ketones (excluding diaryl/α,β-unsaturated/α-hetero) is 1. The average Bonchev–Trinajstić information content (AvgIpc) is 3.47. The highest BCUT2D eigenvalue weighted by Gasteiger charge is 2.38. The van der Waals surface area contributed by atoms with Crippen LogP contribution >= 0.6 is 11.6 Å². The lowest BCUT2D eigenvalue weighted by Crippen LogP contribution is -2.14. The summed E-state index contributed by atoms with van der Waals surface area (Å²) in [4.78, 5) is 27.2. The maximum atomic E-state index is 14.5. The highest BCUT2D eigenvalue weighted by molar-refractivity contribution is 6.31. The molecule has 2 aromatic rings. The number of nitrogens with one attached hydrogen (secondary N) is 1. The van der Waals surface area contributed by atoms with Gasteiger partial charge < -0.3 is 14.8 Å². The maximum absolute atomic E-state index is 14.5. The van der Waals surface area contributed by atoms with Crippen LogP contribution in [0.1, 0.15) is 97.2 Å². The van der Waals surface area contributed by atoms with Gasteiger partial charge in [0.05, 0.1) is 28.5 Å². The molecular weight excluding hydrogens is 669 g/mol. The van der Waals surface area contributed by atoms with E-state index >= 15 is 0 Å². The van der Waals surface area contributed by atoms with Crippen molar-refractivity contribution < 1.29 is 32.2 Å². The number of halogens is 4. The molecule has 1 amide bonds. The summed E-state index contributed by atoms with van der Waals surface area (Å²) in [5.74, 6) is 1.33. The van der Waals surface area contributed by atoms with Gasteiger partial charge in [0.1, 0.15) is 11.6 Å². The minimum Gasteiger partial charge on any atom is -0.453 e. The summed E-state index contributed by atoms with van der Waals surface area (Å²) in [7, 11) is 0. The number of benzene rings is 1. The Hall–Kier alpha value is -4.38. The van der Waals surface area contributed by atoms with E-state index in [4.69, 9.17) is 21.1 Å². The zero-order chi connectivity index (χ0) is 37.1. The summed E-state index contributed by atoms with van der Waals surface area (Å²) in [5.41, 5.74) is 1.40. The standard InChI is InChI=1S/C31H34ClF3N4O3.C7H12O/c1-7-9-18(3)28-29(42-17-41-28)23(10-8-2)21(6)39-16-22(15-37-39)38-31(40)20(5)14-36-13-19(4)26-24(30(34)35)11-12-25(32)27(26)33;1-3-6-4-7(6)5(2)8/h10-16,21,30H,3,5,7-9,17H2,1-2,4,6H3,(H,38,40);6-7H,3-4H2,1-2H3/b19-13+,23-10-,36-14?;. The third-order valence-corrected chi connectivity index (χ3v) is 8.69. The molecule has 50 heavy (non-hydrogen) atoms. The Labute approximate surface area is 297 Å². The lowest BCUT2D eigenvalue weighted by Gasteiger charge is -2.18. The molecule has 0 bridgehead atoms. The fourth-order valence-electron chi connectivity index (χ4n) is 5.52. The van der Waals surface area contributed by atoms with Crippen LogP contribution in [0, 0.1) is 17.7 Å². The normalized spacial score (nSPS) is 18.0. The molecule has 0 spiro atoms. The Morgan fingerprint density at radius 1 is 1.18 bits per heavy atom. The number of hydrogen-bond donors (Lipinski definition) is 1. The van der Waals surface area contributed by atoms with E-state index in [0.717, 1.165) is 67.3 Å².